The number of rotatable bonds is 1. The molecule has 0 rings (SSSR count). The molecule has 0 atom stereocenters. The Balaban J connectivity index is 0. The average molecular weight is 286 g/mol. The Hall–Kier alpha value is 0.803. The Morgan fingerprint density at radius 2 is 1.67 bits per heavy atom. The van der Waals surface area contributed by atoms with Gasteiger partial charge in [-0.05, 0) is 0 Å². The Kier molecular flexibility index (Phi) is 9.60. The molecule has 0 amide bonds. The second-order valence-electron chi connectivity index (χ2n) is 1.15. The molecule has 3 heteroatoms. The van der Waals surface area contributed by atoms with Gasteiger partial charge in [0.05, 0.1) is 0 Å². The van der Waals surface area contributed by atoms with E-state index in [0.29, 0.717) is 6.10 Å². The first-order valence-corrected chi connectivity index (χ1v) is 2.99. The summed E-state index contributed by atoms with van der Waals surface area (Å²) in [5.74, 6) is 0. The van der Waals surface area contributed by atoms with E-state index in [4.69, 9.17) is 2.81 Å². The van der Waals surface area contributed by atoms with Crippen molar-refractivity contribution >= 4 is 25.2 Å². The normalized spacial score (nSPS) is 8.00. The van der Waals surface area contributed by atoms with Gasteiger partial charge in [-0.2, -0.15) is 0 Å². The summed E-state index contributed by atoms with van der Waals surface area (Å²) in [7, 11) is 0. The standard InChI is InChI=1S/C3H7O.Bi.H2O/c1-3(2)4;;/h3H,1-2H3;;1H2/q-1;+2;. The van der Waals surface area contributed by atoms with Crippen LogP contribution in [0.4, 0.5) is 0 Å². The van der Waals surface area contributed by atoms with Crippen LogP contribution in [0.2, 0.25) is 0 Å². The summed E-state index contributed by atoms with van der Waals surface area (Å²) in [5, 5.41) is 0. The Bertz CT molecular complexity index is 22.8. The third-order valence-electron chi connectivity index (χ3n) is 0.211. The van der Waals surface area contributed by atoms with E-state index in [9.17, 15) is 0 Å². The van der Waals surface area contributed by atoms with E-state index in [1.165, 1.54) is 0 Å². The molecule has 0 spiro atoms. The molecule has 0 fully saturated rings. The predicted molar refractivity (Wildman–Crippen MR) is 25.6 cm³/mol. The molecule has 0 unspecified atom stereocenters. The first kappa shape index (κ1) is 9.93. The first-order chi connectivity index (χ1) is 2.27. The summed E-state index contributed by atoms with van der Waals surface area (Å²) in [5.41, 5.74) is 0. The molecule has 0 saturated carbocycles. The van der Waals surface area contributed by atoms with Crippen LogP contribution in [0.1, 0.15) is 13.8 Å². The van der Waals surface area contributed by atoms with E-state index in [0.717, 1.165) is 25.2 Å². The van der Waals surface area contributed by atoms with E-state index < -0.39 is 0 Å². The van der Waals surface area contributed by atoms with Crippen LogP contribution in [0.25, 0.3) is 0 Å². The van der Waals surface area contributed by atoms with E-state index in [2.05, 4.69) is 0 Å². The van der Waals surface area contributed by atoms with Crippen LogP contribution in [0, 0.1) is 0 Å². The summed E-state index contributed by atoms with van der Waals surface area (Å²) >= 11 is 1.04. The van der Waals surface area contributed by atoms with Crippen molar-refractivity contribution in [2.24, 2.45) is 0 Å². The monoisotopic (exact) mass is 286 g/mol. The summed E-state index contributed by atoms with van der Waals surface area (Å²) in [6, 6.07) is 0. The minimum Gasteiger partial charge on any atom is -0.412 e. The molecule has 0 aromatic heterocycles. The molecular formula is C3H9BiO2+. The third-order valence-corrected chi connectivity index (χ3v) is 1.85. The molecular weight excluding hydrogens is 277 g/mol. The largest absolute Gasteiger partial charge is 0.412 e. The van der Waals surface area contributed by atoms with Crippen molar-refractivity contribution in [2.75, 3.05) is 0 Å². The number of hydrogen-bond acceptors (Lipinski definition) is 1. The quantitative estimate of drug-likeness (QED) is 0.609. The van der Waals surface area contributed by atoms with Crippen molar-refractivity contribution in [3.05, 3.63) is 0 Å². The summed E-state index contributed by atoms with van der Waals surface area (Å²) in [6.45, 7) is 4.06. The van der Waals surface area contributed by atoms with Gasteiger partial charge in [-0.15, -0.1) is 0 Å². The van der Waals surface area contributed by atoms with Crippen LogP contribution >= 0.6 is 0 Å². The summed E-state index contributed by atoms with van der Waals surface area (Å²) < 4.78 is 4.86. The maximum absolute atomic E-state index is 4.86. The van der Waals surface area contributed by atoms with Crippen molar-refractivity contribution in [1.82, 2.24) is 0 Å². The van der Waals surface area contributed by atoms with Gasteiger partial charge in [0.2, 0.25) is 0 Å². The maximum atomic E-state index is 4.86. The van der Waals surface area contributed by atoms with E-state index in [-0.39, 0.29) is 5.48 Å². The minimum atomic E-state index is 0. The van der Waals surface area contributed by atoms with Gasteiger partial charge in [-0.3, -0.25) is 0 Å². The molecule has 0 heterocycles. The van der Waals surface area contributed by atoms with Crippen molar-refractivity contribution in [3.8, 4) is 0 Å². The van der Waals surface area contributed by atoms with Crippen molar-refractivity contribution in [1.29, 1.82) is 0 Å². The van der Waals surface area contributed by atoms with Gasteiger partial charge in [0.1, 0.15) is 0 Å². The molecule has 0 aliphatic heterocycles. The Morgan fingerprint density at radius 3 is 1.67 bits per heavy atom. The van der Waals surface area contributed by atoms with Crippen molar-refractivity contribution in [2.45, 2.75) is 20.0 Å². The molecule has 0 aromatic rings. The molecule has 0 aliphatic rings. The fraction of sp³-hybridized carbons (Fsp3) is 1.00. The molecule has 0 aliphatic carbocycles. The van der Waals surface area contributed by atoms with Crippen LogP contribution in [0.15, 0.2) is 0 Å². The van der Waals surface area contributed by atoms with Gasteiger partial charge >= 0.3 is 47.9 Å². The van der Waals surface area contributed by atoms with Crippen molar-refractivity contribution < 1.29 is 8.29 Å². The SMILES string of the molecule is CC(C)[O][Bi+].O. The van der Waals surface area contributed by atoms with E-state index in [1.54, 1.807) is 0 Å². The van der Waals surface area contributed by atoms with Gasteiger partial charge < -0.3 is 5.48 Å². The Morgan fingerprint density at radius 1 is 1.50 bits per heavy atom. The second kappa shape index (κ2) is 5.80. The molecule has 2 nitrogen and oxygen atoms in total. The number of hydrogen-bond donors (Lipinski definition) is 0. The first-order valence-electron chi connectivity index (χ1n) is 1.57. The van der Waals surface area contributed by atoms with Gasteiger partial charge in [0.15, 0.2) is 0 Å². The minimum absolute atomic E-state index is 0. The molecule has 37 valence electrons. The zero-order valence-electron chi connectivity index (χ0n) is 3.93. The topological polar surface area (TPSA) is 40.7 Å². The zero-order valence-corrected chi connectivity index (χ0v) is 7.41. The van der Waals surface area contributed by atoms with Crippen LogP contribution in [0.3, 0.4) is 0 Å². The van der Waals surface area contributed by atoms with Crippen LogP contribution < -0.4 is 0 Å². The molecule has 0 aromatic carbocycles. The van der Waals surface area contributed by atoms with Crippen LogP contribution in [-0.4, -0.2) is 36.7 Å². The average Bonchev–Trinajstić information content (AvgIpc) is 1.38. The van der Waals surface area contributed by atoms with E-state index in [1.807, 2.05) is 13.8 Å². The summed E-state index contributed by atoms with van der Waals surface area (Å²) in [4.78, 5) is 0. The predicted octanol–water partition coefficient (Wildman–Crippen LogP) is -0.330. The van der Waals surface area contributed by atoms with Gasteiger partial charge in [-0.1, -0.05) is 0 Å². The van der Waals surface area contributed by atoms with Crippen molar-refractivity contribution in [3.63, 3.8) is 0 Å². The molecule has 2 N–H and O–H groups in total. The van der Waals surface area contributed by atoms with Crippen LogP contribution in [0.5, 0.6) is 0 Å². The van der Waals surface area contributed by atoms with Gasteiger partial charge in [-0.25, -0.2) is 0 Å². The fourth-order valence-corrected chi connectivity index (χ4v) is 0. The molecule has 0 bridgehead atoms. The Labute approximate surface area is 53.7 Å². The van der Waals surface area contributed by atoms with Crippen LogP contribution in [-0.2, 0) is 2.81 Å². The third kappa shape index (κ3) is 8.84. The molecule has 3 radical (unpaired) electrons. The molecule has 0 saturated heterocycles. The van der Waals surface area contributed by atoms with Gasteiger partial charge in [0, 0.05) is 0 Å². The fourth-order valence-electron chi connectivity index (χ4n) is 0. The zero-order chi connectivity index (χ0) is 4.28. The van der Waals surface area contributed by atoms with Gasteiger partial charge in [0.25, 0.3) is 0 Å². The maximum Gasteiger partial charge on any atom is -0.412 e. The van der Waals surface area contributed by atoms with E-state index >= 15 is 0 Å². The smallest absolute Gasteiger partial charge is 0.412 e. The molecule has 6 heavy (non-hydrogen) atoms. The second-order valence-corrected chi connectivity index (χ2v) is 1.97. The summed E-state index contributed by atoms with van der Waals surface area (Å²) in [6.07, 6.45) is 0.434.